The van der Waals surface area contributed by atoms with E-state index in [0.29, 0.717) is 34.8 Å². The molecule has 6 aliphatic rings. The molecule has 8 unspecified atom stereocenters. The highest BCUT2D eigenvalue weighted by molar-refractivity contribution is 8.15. The van der Waals surface area contributed by atoms with Gasteiger partial charge in [0.1, 0.15) is 5.76 Å². The molecule has 5 fully saturated rings. The van der Waals surface area contributed by atoms with Crippen molar-refractivity contribution in [2.45, 2.75) is 87.5 Å². The molecule has 2 aliphatic heterocycles. The number of ketones is 1. The number of carbonyl (C=O) groups excluding carboxylic acids is 3. The Hall–Kier alpha value is -1.53. The Balaban J connectivity index is 1.12. The highest BCUT2D eigenvalue weighted by Gasteiger charge is 2.49. The molecule has 6 heteroatoms. The molecule has 198 valence electrons. The van der Waals surface area contributed by atoms with Crippen molar-refractivity contribution >= 4 is 39.5 Å². The van der Waals surface area contributed by atoms with Crippen LogP contribution in [0, 0.1) is 35.5 Å². The zero-order valence-corrected chi connectivity index (χ0v) is 23.1. The lowest BCUT2D eigenvalue weighted by Gasteiger charge is -2.46. The molecule has 0 aromatic heterocycles. The molecule has 0 bridgehead atoms. The van der Waals surface area contributed by atoms with E-state index in [-0.39, 0.29) is 44.1 Å². The lowest BCUT2D eigenvalue weighted by Crippen LogP contribution is -2.46. The van der Waals surface area contributed by atoms with Crippen LogP contribution in [0.2, 0.25) is 0 Å². The van der Waals surface area contributed by atoms with E-state index in [1.807, 2.05) is 0 Å². The summed E-state index contributed by atoms with van der Waals surface area (Å²) in [7, 11) is 0. The molecule has 0 aromatic carbocycles. The minimum Gasteiger partial charge on any atom is -0.511 e. The van der Waals surface area contributed by atoms with Gasteiger partial charge in [-0.25, -0.2) is 0 Å². The summed E-state index contributed by atoms with van der Waals surface area (Å²) < 4.78 is 0. The maximum Gasteiger partial charge on any atom is 0.223 e. The molecule has 0 radical (unpaired) electrons. The number of carbonyl (C=O) groups is 3. The van der Waals surface area contributed by atoms with Crippen LogP contribution in [0.4, 0.5) is 0 Å². The quantitative estimate of drug-likeness (QED) is 0.234. The van der Waals surface area contributed by atoms with Gasteiger partial charge in [0.15, 0.2) is 5.78 Å². The molecular formula is C31H38O4S2. The second-order valence-electron chi connectivity index (χ2n) is 12.0. The van der Waals surface area contributed by atoms with Crippen molar-refractivity contribution in [3.63, 3.8) is 0 Å². The molecule has 0 amide bonds. The Morgan fingerprint density at radius 1 is 0.649 bits per heavy atom. The third-order valence-electron chi connectivity index (χ3n) is 10.2. The van der Waals surface area contributed by atoms with Gasteiger partial charge < -0.3 is 5.11 Å². The Kier molecular flexibility index (Phi) is 7.59. The molecule has 0 aromatic rings. The molecule has 1 saturated heterocycles. The molecule has 1 N–H and O–H groups in total. The Labute approximate surface area is 228 Å². The fourth-order valence-corrected chi connectivity index (χ4v) is 11.3. The zero-order chi connectivity index (χ0) is 25.5. The summed E-state index contributed by atoms with van der Waals surface area (Å²) in [5.74, 6) is 2.82. The van der Waals surface area contributed by atoms with Gasteiger partial charge in [-0.15, -0.1) is 0 Å². The summed E-state index contributed by atoms with van der Waals surface area (Å²) in [5.41, 5.74) is 0.717. The molecule has 4 nitrogen and oxygen atoms in total. The first-order valence-corrected chi connectivity index (χ1v) is 16.2. The molecule has 8 atom stereocenters. The van der Waals surface area contributed by atoms with Crippen molar-refractivity contribution in [1.29, 1.82) is 0 Å². The monoisotopic (exact) mass is 538 g/mol. The largest absolute Gasteiger partial charge is 0.511 e. The summed E-state index contributed by atoms with van der Waals surface area (Å²) >= 11 is 2.84. The van der Waals surface area contributed by atoms with E-state index < -0.39 is 0 Å². The summed E-state index contributed by atoms with van der Waals surface area (Å²) in [4.78, 5) is 39.1. The third kappa shape index (κ3) is 4.86. The maximum absolute atomic E-state index is 13.2. The molecular weight excluding hydrogens is 500 g/mol. The third-order valence-corrected chi connectivity index (χ3v) is 12.9. The van der Waals surface area contributed by atoms with E-state index in [1.54, 1.807) is 30.4 Å². The van der Waals surface area contributed by atoms with Gasteiger partial charge in [0.25, 0.3) is 0 Å². The van der Waals surface area contributed by atoms with Crippen LogP contribution in [0.5, 0.6) is 0 Å². The van der Waals surface area contributed by atoms with Crippen LogP contribution in [0.25, 0.3) is 0 Å². The van der Waals surface area contributed by atoms with Crippen LogP contribution in [0.15, 0.2) is 47.3 Å². The molecule has 2 heterocycles. The first-order chi connectivity index (χ1) is 18.0. The minimum absolute atomic E-state index is 0.0231. The molecule has 4 saturated carbocycles. The van der Waals surface area contributed by atoms with Crippen LogP contribution in [-0.4, -0.2) is 31.6 Å². The SMILES string of the molecule is O=C1SC2C(CCC3CCCCC32)C(=O)C1=CC=CC=CC1=C(O)C2CCC3CCCCC3C2SC1=O. The number of Topliss-reactive ketones (excluding diaryl/α,β-unsaturated/α-hetero) is 1. The predicted octanol–water partition coefficient (Wildman–Crippen LogP) is 7.12. The van der Waals surface area contributed by atoms with E-state index in [0.717, 1.165) is 32.1 Å². The highest BCUT2D eigenvalue weighted by Crippen LogP contribution is 2.53. The first-order valence-electron chi connectivity index (χ1n) is 14.5. The van der Waals surface area contributed by atoms with E-state index in [1.165, 1.54) is 68.5 Å². The van der Waals surface area contributed by atoms with Crippen LogP contribution >= 0.6 is 23.5 Å². The standard InChI is InChI=1S/C31H38O4S2/c32-26-22-16-14-18-8-4-6-10-20(18)28(22)36-30(34)24(26)12-2-1-3-13-25-27(33)23-17-15-19-9-5-7-11-21(19)29(23)37-31(25)35/h1-3,12-13,18-23,28-29,32H,4-11,14-17H2. The number of aliphatic hydroxyl groups is 1. The van der Waals surface area contributed by atoms with Crippen molar-refractivity contribution in [2.24, 2.45) is 35.5 Å². The van der Waals surface area contributed by atoms with Gasteiger partial charge in [0.05, 0.1) is 11.1 Å². The van der Waals surface area contributed by atoms with Crippen molar-refractivity contribution in [3.8, 4) is 0 Å². The number of hydrogen-bond acceptors (Lipinski definition) is 6. The molecule has 37 heavy (non-hydrogen) atoms. The highest BCUT2D eigenvalue weighted by atomic mass is 32.2. The number of allylic oxidation sites excluding steroid dienone is 6. The summed E-state index contributed by atoms with van der Waals surface area (Å²) in [6.07, 6.45) is 22.6. The van der Waals surface area contributed by atoms with Gasteiger partial charge in [-0.05, 0) is 74.3 Å². The Morgan fingerprint density at radius 3 is 1.95 bits per heavy atom. The van der Waals surface area contributed by atoms with Crippen LogP contribution in [0.1, 0.15) is 77.0 Å². The number of hydrogen-bond donors (Lipinski definition) is 1. The fraction of sp³-hybridized carbons (Fsp3) is 0.645. The topological polar surface area (TPSA) is 71.4 Å². The van der Waals surface area contributed by atoms with E-state index in [4.69, 9.17) is 0 Å². The lowest BCUT2D eigenvalue weighted by atomic mass is 9.65. The van der Waals surface area contributed by atoms with Crippen LogP contribution < -0.4 is 0 Å². The van der Waals surface area contributed by atoms with E-state index in [9.17, 15) is 19.5 Å². The first kappa shape index (κ1) is 25.7. The van der Waals surface area contributed by atoms with Crippen LogP contribution in [-0.2, 0) is 14.4 Å². The lowest BCUT2D eigenvalue weighted by molar-refractivity contribution is -0.123. The van der Waals surface area contributed by atoms with Crippen molar-refractivity contribution < 1.29 is 19.5 Å². The van der Waals surface area contributed by atoms with Gasteiger partial charge in [-0.1, -0.05) is 80.3 Å². The van der Waals surface area contributed by atoms with Crippen LogP contribution in [0.3, 0.4) is 0 Å². The minimum atomic E-state index is -0.0883. The van der Waals surface area contributed by atoms with Crippen molar-refractivity contribution in [1.82, 2.24) is 0 Å². The second kappa shape index (κ2) is 10.9. The Bertz CT molecular complexity index is 1080. The average Bonchev–Trinajstić information content (AvgIpc) is 2.91. The number of thioether (sulfide) groups is 2. The molecule has 0 spiro atoms. The molecule has 4 aliphatic carbocycles. The van der Waals surface area contributed by atoms with Gasteiger partial charge in [0.2, 0.25) is 10.2 Å². The van der Waals surface area contributed by atoms with Gasteiger partial charge in [-0.3, -0.25) is 14.4 Å². The zero-order valence-electron chi connectivity index (χ0n) is 21.5. The number of fused-ring (bicyclic) bond motifs is 6. The average molecular weight is 539 g/mol. The predicted molar refractivity (Wildman–Crippen MR) is 150 cm³/mol. The summed E-state index contributed by atoms with van der Waals surface area (Å²) in [5, 5.41) is 11.3. The number of aliphatic hydroxyl groups excluding tert-OH is 1. The van der Waals surface area contributed by atoms with Crippen molar-refractivity contribution in [2.75, 3.05) is 0 Å². The normalized spacial score (nSPS) is 41.6. The number of rotatable bonds is 3. The maximum atomic E-state index is 13.2. The molecule has 6 rings (SSSR count). The van der Waals surface area contributed by atoms with Gasteiger partial charge >= 0.3 is 0 Å². The second-order valence-corrected chi connectivity index (χ2v) is 14.3. The van der Waals surface area contributed by atoms with Gasteiger partial charge in [0, 0.05) is 22.3 Å². The summed E-state index contributed by atoms with van der Waals surface area (Å²) in [6, 6.07) is 0. The Morgan fingerprint density at radius 2 is 1.24 bits per heavy atom. The smallest absolute Gasteiger partial charge is 0.223 e. The summed E-state index contributed by atoms with van der Waals surface area (Å²) in [6.45, 7) is 0. The van der Waals surface area contributed by atoms with Crippen molar-refractivity contribution in [3.05, 3.63) is 47.3 Å². The van der Waals surface area contributed by atoms with E-state index in [2.05, 4.69) is 0 Å². The fourth-order valence-electron chi connectivity index (χ4n) is 8.33. The van der Waals surface area contributed by atoms with E-state index >= 15 is 0 Å². The van der Waals surface area contributed by atoms with Gasteiger partial charge in [-0.2, -0.15) is 0 Å².